The van der Waals surface area contributed by atoms with Gasteiger partial charge in [0.05, 0.1) is 18.5 Å². The zero-order valence-electron chi connectivity index (χ0n) is 7.30. The van der Waals surface area contributed by atoms with Crippen molar-refractivity contribution in [3.63, 3.8) is 0 Å². The van der Waals surface area contributed by atoms with Gasteiger partial charge in [-0.1, -0.05) is 0 Å². The summed E-state index contributed by atoms with van der Waals surface area (Å²) >= 11 is 0. The number of carbonyl (C=O) groups is 1. The van der Waals surface area contributed by atoms with Gasteiger partial charge in [-0.25, -0.2) is 4.98 Å². The number of imidazole rings is 1. The summed E-state index contributed by atoms with van der Waals surface area (Å²) in [5.41, 5.74) is 1.04. The molecule has 2 rings (SSSR count). The van der Waals surface area contributed by atoms with Gasteiger partial charge in [0.2, 0.25) is 0 Å². The number of aryl methyl sites for hydroxylation is 1. The van der Waals surface area contributed by atoms with Crippen LogP contribution in [0, 0.1) is 5.92 Å². The van der Waals surface area contributed by atoms with Crippen molar-refractivity contribution in [2.24, 2.45) is 13.0 Å². The van der Waals surface area contributed by atoms with Gasteiger partial charge in [-0.15, -0.1) is 0 Å². The van der Waals surface area contributed by atoms with E-state index in [1.807, 2.05) is 11.6 Å². The van der Waals surface area contributed by atoms with Gasteiger partial charge in [0.25, 0.3) is 0 Å². The fourth-order valence-electron chi connectivity index (χ4n) is 1.33. The second-order valence-corrected chi connectivity index (χ2v) is 3.07. The second-order valence-electron chi connectivity index (χ2n) is 3.07. The van der Waals surface area contributed by atoms with Crippen LogP contribution in [0.4, 0.5) is 0 Å². The van der Waals surface area contributed by atoms with Crippen LogP contribution >= 0.6 is 0 Å². The van der Waals surface area contributed by atoms with Gasteiger partial charge in [0, 0.05) is 25.4 Å². The fourth-order valence-corrected chi connectivity index (χ4v) is 1.33. The Kier molecular flexibility index (Phi) is 1.88. The predicted molar refractivity (Wildman–Crippen MR) is 45.6 cm³/mol. The molecule has 68 valence electrons. The average Bonchev–Trinajstić information content (AvgIpc) is 2.65. The molecule has 1 unspecified atom stereocenters. The maximum atomic E-state index is 11.1. The standard InChI is InChI=1S/C9H10N2O2/c1-11-6-10-5-8(11)4-7-2-3-13-9(7)12/h2-3,5-7H,4H2,1H3. The fraction of sp³-hybridized carbons (Fsp3) is 0.333. The second kappa shape index (κ2) is 3.05. The van der Waals surface area contributed by atoms with E-state index >= 15 is 0 Å². The van der Waals surface area contributed by atoms with E-state index in [9.17, 15) is 4.79 Å². The highest BCUT2D eigenvalue weighted by Crippen LogP contribution is 2.15. The van der Waals surface area contributed by atoms with Crippen molar-refractivity contribution < 1.29 is 9.53 Å². The number of hydrogen-bond donors (Lipinski definition) is 0. The summed E-state index contributed by atoms with van der Waals surface area (Å²) in [6, 6.07) is 0. The number of aromatic nitrogens is 2. The molecule has 4 nitrogen and oxygen atoms in total. The van der Waals surface area contributed by atoms with Crippen LogP contribution in [0.2, 0.25) is 0 Å². The summed E-state index contributed by atoms with van der Waals surface area (Å²) in [6.45, 7) is 0. The summed E-state index contributed by atoms with van der Waals surface area (Å²) < 4.78 is 6.61. The van der Waals surface area contributed by atoms with E-state index in [0.29, 0.717) is 6.42 Å². The molecule has 1 aliphatic rings. The molecule has 0 amide bonds. The van der Waals surface area contributed by atoms with Crippen molar-refractivity contribution in [3.8, 4) is 0 Å². The lowest BCUT2D eigenvalue weighted by atomic mass is 10.1. The van der Waals surface area contributed by atoms with Crippen molar-refractivity contribution >= 4 is 5.97 Å². The minimum Gasteiger partial charge on any atom is -0.434 e. The molecular weight excluding hydrogens is 168 g/mol. The van der Waals surface area contributed by atoms with E-state index in [1.165, 1.54) is 6.26 Å². The Morgan fingerprint density at radius 1 is 1.69 bits per heavy atom. The Morgan fingerprint density at radius 2 is 2.54 bits per heavy atom. The van der Waals surface area contributed by atoms with Gasteiger partial charge in [-0.2, -0.15) is 0 Å². The molecule has 0 saturated carbocycles. The lowest BCUT2D eigenvalue weighted by molar-refractivity contribution is -0.138. The van der Waals surface area contributed by atoms with E-state index in [-0.39, 0.29) is 11.9 Å². The zero-order chi connectivity index (χ0) is 9.26. The number of hydrogen-bond acceptors (Lipinski definition) is 3. The molecule has 1 atom stereocenters. The molecule has 0 fully saturated rings. The minimum atomic E-state index is -0.179. The monoisotopic (exact) mass is 178 g/mol. The number of nitrogens with zero attached hydrogens (tertiary/aromatic N) is 2. The molecule has 0 aromatic carbocycles. The van der Waals surface area contributed by atoms with Crippen LogP contribution in [0.15, 0.2) is 24.9 Å². The van der Waals surface area contributed by atoms with E-state index in [2.05, 4.69) is 4.98 Å². The van der Waals surface area contributed by atoms with Crippen LogP contribution < -0.4 is 0 Å². The molecule has 2 heterocycles. The van der Waals surface area contributed by atoms with E-state index in [4.69, 9.17) is 4.74 Å². The molecule has 13 heavy (non-hydrogen) atoms. The van der Waals surface area contributed by atoms with E-state index in [0.717, 1.165) is 5.69 Å². The van der Waals surface area contributed by atoms with Gasteiger partial charge >= 0.3 is 5.97 Å². The third-order valence-electron chi connectivity index (χ3n) is 2.14. The van der Waals surface area contributed by atoms with Crippen molar-refractivity contribution in [3.05, 3.63) is 30.6 Å². The van der Waals surface area contributed by atoms with Crippen molar-refractivity contribution in [1.29, 1.82) is 0 Å². The van der Waals surface area contributed by atoms with Crippen LogP contribution in [0.25, 0.3) is 0 Å². The Hall–Kier alpha value is -1.58. The summed E-state index contributed by atoms with van der Waals surface area (Å²) in [7, 11) is 1.91. The van der Waals surface area contributed by atoms with Crippen LogP contribution in [0.1, 0.15) is 5.69 Å². The first-order chi connectivity index (χ1) is 6.27. The maximum absolute atomic E-state index is 11.1. The van der Waals surface area contributed by atoms with E-state index in [1.54, 1.807) is 18.6 Å². The SMILES string of the molecule is Cn1cncc1CC1C=COC1=O. The number of cyclic esters (lactones) is 1. The van der Waals surface area contributed by atoms with Crippen LogP contribution in [-0.2, 0) is 23.0 Å². The van der Waals surface area contributed by atoms with Crippen molar-refractivity contribution in [2.45, 2.75) is 6.42 Å². The first kappa shape index (κ1) is 8.04. The van der Waals surface area contributed by atoms with Crippen LogP contribution in [0.5, 0.6) is 0 Å². The summed E-state index contributed by atoms with van der Waals surface area (Å²) in [6.07, 6.45) is 7.36. The predicted octanol–water partition coefficient (Wildman–Crippen LogP) is 0.649. The Labute approximate surface area is 75.8 Å². The smallest absolute Gasteiger partial charge is 0.318 e. The topological polar surface area (TPSA) is 44.1 Å². The number of carbonyl (C=O) groups excluding carboxylic acids is 1. The Bertz CT molecular complexity index is 354. The van der Waals surface area contributed by atoms with Gasteiger partial charge in [0.15, 0.2) is 0 Å². The first-order valence-corrected chi connectivity index (χ1v) is 4.10. The first-order valence-electron chi connectivity index (χ1n) is 4.10. The molecule has 1 aromatic rings. The molecule has 0 saturated heterocycles. The molecule has 0 spiro atoms. The highest BCUT2D eigenvalue weighted by Gasteiger charge is 2.22. The van der Waals surface area contributed by atoms with Gasteiger partial charge < -0.3 is 9.30 Å². The molecule has 0 radical (unpaired) electrons. The third kappa shape index (κ3) is 1.47. The number of rotatable bonds is 2. The highest BCUT2D eigenvalue weighted by atomic mass is 16.5. The van der Waals surface area contributed by atoms with Crippen molar-refractivity contribution in [1.82, 2.24) is 9.55 Å². The quantitative estimate of drug-likeness (QED) is 0.624. The molecule has 0 bridgehead atoms. The lowest BCUT2D eigenvalue weighted by Crippen LogP contribution is -2.12. The Morgan fingerprint density at radius 3 is 3.08 bits per heavy atom. The largest absolute Gasteiger partial charge is 0.434 e. The molecular formula is C9H10N2O2. The summed E-state index contributed by atoms with van der Waals surface area (Å²) in [4.78, 5) is 15.1. The minimum absolute atomic E-state index is 0.143. The molecule has 4 heteroatoms. The lowest BCUT2D eigenvalue weighted by Gasteiger charge is -2.04. The molecule has 0 aliphatic carbocycles. The van der Waals surface area contributed by atoms with E-state index < -0.39 is 0 Å². The van der Waals surface area contributed by atoms with Crippen LogP contribution in [-0.4, -0.2) is 15.5 Å². The Balaban J connectivity index is 2.10. The van der Waals surface area contributed by atoms with Crippen LogP contribution in [0.3, 0.4) is 0 Å². The van der Waals surface area contributed by atoms with Gasteiger partial charge in [-0.3, -0.25) is 4.79 Å². The third-order valence-corrected chi connectivity index (χ3v) is 2.14. The summed E-state index contributed by atoms with van der Waals surface area (Å²) in [5.74, 6) is -0.323. The zero-order valence-corrected chi connectivity index (χ0v) is 7.30. The maximum Gasteiger partial charge on any atom is 0.318 e. The van der Waals surface area contributed by atoms with Gasteiger partial charge in [0.1, 0.15) is 0 Å². The van der Waals surface area contributed by atoms with Gasteiger partial charge in [-0.05, 0) is 6.08 Å². The highest BCUT2D eigenvalue weighted by molar-refractivity contribution is 5.77. The van der Waals surface area contributed by atoms with Crippen molar-refractivity contribution in [2.75, 3.05) is 0 Å². The number of ether oxygens (including phenoxy) is 1. The number of esters is 1. The summed E-state index contributed by atoms with van der Waals surface area (Å²) in [5, 5.41) is 0. The normalized spacial score (nSPS) is 20.7. The molecule has 1 aliphatic heterocycles. The average molecular weight is 178 g/mol. The molecule has 0 N–H and O–H groups in total. The molecule has 1 aromatic heterocycles.